The number of rotatable bonds is 4. The van der Waals surface area contributed by atoms with E-state index in [9.17, 15) is 0 Å². The van der Waals surface area contributed by atoms with Crippen molar-refractivity contribution in [2.75, 3.05) is 7.11 Å². The third-order valence-corrected chi connectivity index (χ3v) is 2.42. The lowest BCUT2D eigenvalue weighted by molar-refractivity contribution is 0.411. The number of furan rings is 1. The summed E-state index contributed by atoms with van der Waals surface area (Å²) in [6, 6.07) is 11.2. The summed E-state index contributed by atoms with van der Waals surface area (Å²) < 4.78 is 10.5. The zero-order valence-electron chi connectivity index (χ0n) is 9.01. The number of hydrazine groups is 1. The van der Waals surface area contributed by atoms with E-state index in [1.165, 1.54) is 0 Å². The topological polar surface area (TPSA) is 60.4 Å². The van der Waals surface area contributed by atoms with Gasteiger partial charge in [-0.3, -0.25) is 5.84 Å². The van der Waals surface area contributed by atoms with Crippen molar-refractivity contribution in [1.82, 2.24) is 5.43 Å². The molecule has 1 unspecified atom stereocenters. The van der Waals surface area contributed by atoms with Crippen LogP contribution in [-0.4, -0.2) is 7.11 Å². The van der Waals surface area contributed by atoms with Crippen molar-refractivity contribution in [2.24, 2.45) is 5.84 Å². The van der Waals surface area contributed by atoms with E-state index in [1.807, 2.05) is 36.4 Å². The van der Waals surface area contributed by atoms with Crippen LogP contribution in [0.5, 0.6) is 5.75 Å². The molecule has 0 amide bonds. The quantitative estimate of drug-likeness (QED) is 0.607. The summed E-state index contributed by atoms with van der Waals surface area (Å²) in [4.78, 5) is 0. The molecule has 0 aliphatic heterocycles. The molecule has 1 aromatic carbocycles. The first kappa shape index (κ1) is 10.7. The van der Waals surface area contributed by atoms with E-state index >= 15 is 0 Å². The van der Waals surface area contributed by atoms with Gasteiger partial charge in [0.25, 0.3) is 0 Å². The molecule has 3 N–H and O–H groups in total. The van der Waals surface area contributed by atoms with Crippen LogP contribution in [-0.2, 0) is 0 Å². The normalized spacial score (nSPS) is 12.4. The second-order valence-electron chi connectivity index (χ2n) is 3.39. The van der Waals surface area contributed by atoms with Crippen molar-refractivity contribution >= 4 is 0 Å². The molecule has 2 rings (SSSR count). The van der Waals surface area contributed by atoms with Gasteiger partial charge in [-0.05, 0) is 29.8 Å². The monoisotopic (exact) mass is 218 g/mol. The maximum Gasteiger partial charge on any atom is 0.126 e. The minimum Gasteiger partial charge on any atom is -0.497 e. The maximum absolute atomic E-state index is 5.54. The zero-order chi connectivity index (χ0) is 11.4. The molecule has 84 valence electrons. The average molecular weight is 218 g/mol. The predicted molar refractivity (Wildman–Crippen MR) is 60.9 cm³/mol. The Morgan fingerprint density at radius 2 is 2.19 bits per heavy atom. The standard InChI is InChI=1S/C12H14N2O2/c1-15-10-5-2-4-9(8-10)12(14-13)11-6-3-7-16-11/h2-8,12,14H,13H2,1H3. The first-order chi connectivity index (χ1) is 7.85. The molecule has 0 aliphatic carbocycles. The predicted octanol–water partition coefficient (Wildman–Crippen LogP) is 1.84. The van der Waals surface area contributed by atoms with Gasteiger partial charge in [-0.15, -0.1) is 0 Å². The van der Waals surface area contributed by atoms with Crippen LogP contribution in [0.4, 0.5) is 0 Å². The van der Waals surface area contributed by atoms with Gasteiger partial charge in [-0.2, -0.15) is 0 Å². The van der Waals surface area contributed by atoms with Crippen molar-refractivity contribution in [3.63, 3.8) is 0 Å². The highest BCUT2D eigenvalue weighted by molar-refractivity contribution is 5.33. The highest BCUT2D eigenvalue weighted by atomic mass is 16.5. The van der Waals surface area contributed by atoms with Gasteiger partial charge in [0.05, 0.1) is 13.4 Å². The second-order valence-corrected chi connectivity index (χ2v) is 3.39. The summed E-state index contributed by atoms with van der Waals surface area (Å²) >= 11 is 0. The van der Waals surface area contributed by atoms with Crippen LogP contribution in [0.1, 0.15) is 17.4 Å². The van der Waals surface area contributed by atoms with Crippen LogP contribution < -0.4 is 16.0 Å². The molecule has 1 heterocycles. The number of benzene rings is 1. The molecule has 0 aliphatic rings. The fraction of sp³-hybridized carbons (Fsp3) is 0.167. The van der Waals surface area contributed by atoms with Crippen LogP contribution in [0.15, 0.2) is 47.1 Å². The largest absolute Gasteiger partial charge is 0.497 e. The van der Waals surface area contributed by atoms with Crippen molar-refractivity contribution in [1.29, 1.82) is 0 Å². The van der Waals surface area contributed by atoms with E-state index in [4.69, 9.17) is 15.0 Å². The third-order valence-electron chi connectivity index (χ3n) is 2.42. The molecule has 1 atom stereocenters. The van der Waals surface area contributed by atoms with Gasteiger partial charge in [-0.1, -0.05) is 12.1 Å². The van der Waals surface area contributed by atoms with Gasteiger partial charge in [0.2, 0.25) is 0 Å². The molecular formula is C12H14N2O2. The van der Waals surface area contributed by atoms with Crippen LogP contribution in [0.3, 0.4) is 0 Å². The average Bonchev–Trinajstić information content (AvgIpc) is 2.84. The van der Waals surface area contributed by atoms with Crippen LogP contribution in [0, 0.1) is 0 Å². The molecular weight excluding hydrogens is 204 g/mol. The Kier molecular flexibility index (Phi) is 3.24. The number of methoxy groups -OCH3 is 1. The van der Waals surface area contributed by atoms with Gasteiger partial charge in [-0.25, -0.2) is 5.43 Å². The summed E-state index contributed by atoms with van der Waals surface area (Å²) in [5.74, 6) is 7.11. The molecule has 1 aromatic heterocycles. The molecule has 4 nitrogen and oxygen atoms in total. The van der Waals surface area contributed by atoms with Crippen molar-refractivity contribution in [2.45, 2.75) is 6.04 Å². The fourth-order valence-corrected chi connectivity index (χ4v) is 1.62. The van der Waals surface area contributed by atoms with Crippen molar-refractivity contribution in [3.8, 4) is 5.75 Å². The van der Waals surface area contributed by atoms with E-state index in [1.54, 1.807) is 13.4 Å². The first-order valence-corrected chi connectivity index (χ1v) is 4.98. The Balaban J connectivity index is 2.33. The summed E-state index contributed by atoms with van der Waals surface area (Å²) in [6.45, 7) is 0. The van der Waals surface area contributed by atoms with Gasteiger partial charge in [0.15, 0.2) is 0 Å². The first-order valence-electron chi connectivity index (χ1n) is 4.98. The number of nitrogens with two attached hydrogens (primary N) is 1. The molecule has 4 heteroatoms. The highest BCUT2D eigenvalue weighted by Gasteiger charge is 2.15. The molecule has 0 radical (unpaired) electrons. The smallest absolute Gasteiger partial charge is 0.126 e. The second kappa shape index (κ2) is 4.83. The molecule has 0 spiro atoms. The lowest BCUT2D eigenvalue weighted by atomic mass is 10.1. The molecule has 0 fully saturated rings. The third kappa shape index (κ3) is 2.08. The summed E-state index contributed by atoms with van der Waals surface area (Å²) in [7, 11) is 1.64. The van der Waals surface area contributed by atoms with Gasteiger partial charge in [0, 0.05) is 0 Å². The van der Waals surface area contributed by atoms with Crippen molar-refractivity contribution < 1.29 is 9.15 Å². The fourth-order valence-electron chi connectivity index (χ4n) is 1.62. The summed E-state index contributed by atoms with van der Waals surface area (Å²) in [6.07, 6.45) is 1.62. The van der Waals surface area contributed by atoms with E-state index in [-0.39, 0.29) is 6.04 Å². The Bertz CT molecular complexity index is 440. The van der Waals surface area contributed by atoms with Gasteiger partial charge >= 0.3 is 0 Å². The summed E-state index contributed by atoms with van der Waals surface area (Å²) in [5, 5.41) is 0. The van der Waals surface area contributed by atoms with E-state index in [0.29, 0.717) is 0 Å². The van der Waals surface area contributed by atoms with E-state index < -0.39 is 0 Å². The number of nitrogens with one attached hydrogen (secondary N) is 1. The van der Waals surface area contributed by atoms with Crippen LogP contribution in [0.2, 0.25) is 0 Å². The Morgan fingerprint density at radius 3 is 2.81 bits per heavy atom. The molecule has 2 aromatic rings. The minimum absolute atomic E-state index is 0.162. The Morgan fingerprint density at radius 1 is 1.31 bits per heavy atom. The minimum atomic E-state index is -0.162. The lowest BCUT2D eigenvalue weighted by Crippen LogP contribution is -2.28. The number of hydrogen-bond donors (Lipinski definition) is 2. The van der Waals surface area contributed by atoms with Gasteiger partial charge in [0.1, 0.15) is 17.6 Å². The van der Waals surface area contributed by atoms with Gasteiger partial charge < -0.3 is 9.15 Å². The number of hydrogen-bond acceptors (Lipinski definition) is 4. The summed E-state index contributed by atoms with van der Waals surface area (Å²) in [5.41, 5.74) is 3.72. The zero-order valence-corrected chi connectivity index (χ0v) is 9.01. The Labute approximate surface area is 94.0 Å². The molecule has 0 saturated heterocycles. The maximum atomic E-state index is 5.54. The molecule has 0 bridgehead atoms. The highest BCUT2D eigenvalue weighted by Crippen LogP contribution is 2.24. The molecule has 0 saturated carbocycles. The Hall–Kier alpha value is -1.78. The van der Waals surface area contributed by atoms with E-state index in [2.05, 4.69) is 5.43 Å². The van der Waals surface area contributed by atoms with E-state index in [0.717, 1.165) is 17.1 Å². The molecule has 16 heavy (non-hydrogen) atoms. The number of ether oxygens (including phenoxy) is 1. The van der Waals surface area contributed by atoms with Crippen molar-refractivity contribution in [3.05, 3.63) is 54.0 Å². The van der Waals surface area contributed by atoms with Crippen LogP contribution in [0.25, 0.3) is 0 Å². The lowest BCUT2D eigenvalue weighted by Gasteiger charge is -2.14. The SMILES string of the molecule is COc1cccc(C(NN)c2ccco2)c1. The van der Waals surface area contributed by atoms with Crippen LogP contribution >= 0.6 is 0 Å².